The summed E-state index contributed by atoms with van der Waals surface area (Å²) in [6.45, 7) is 4.34. The fourth-order valence-electron chi connectivity index (χ4n) is 4.73. The average Bonchev–Trinajstić information content (AvgIpc) is 2.89. The van der Waals surface area contributed by atoms with Crippen molar-refractivity contribution < 1.29 is 4.79 Å². The third-order valence-electron chi connectivity index (χ3n) is 6.44. The summed E-state index contributed by atoms with van der Waals surface area (Å²) < 4.78 is 0. The van der Waals surface area contributed by atoms with Gasteiger partial charge in [-0.3, -0.25) is 9.69 Å². The number of hydrogen-bond donors (Lipinski definition) is 0. The van der Waals surface area contributed by atoms with Crippen LogP contribution >= 0.6 is 0 Å². The maximum atomic E-state index is 12.7. The molecule has 1 aromatic carbocycles. The van der Waals surface area contributed by atoms with Gasteiger partial charge >= 0.3 is 0 Å². The lowest BCUT2D eigenvalue weighted by atomic mass is 9.84. The van der Waals surface area contributed by atoms with E-state index in [1.807, 2.05) is 0 Å². The third kappa shape index (κ3) is 3.37. The van der Waals surface area contributed by atoms with Crippen LogP contribution in [0.25, 0.3) is 0 Å². The third-order valence-corrected chi connectivity index (χ3v) is 6.44. The molecule has 1 aromatic rings. The smallest absolute Gasteiger partial charge is 0.225 e. The molecule has 2 atom stereocenters. The maximum absolute atomic E-state index is 12.7. The van der Waals surface area contributed by atoms with Crippen molar-refractivity contribution in [2.24, 2.45) is 11.8 Å². The zero-order valence-electron chi connectivity index (χ0n) is 14.7. The van der Waals surface area contributed by atoms with E-state index in [1.54, 1.807) is 0 Å². The Morgan fingerprint density at radius 1 is 1.00 bits per heavy atom. The number of carbonyl (C=O) groups is 1. The molecule has 1 amide bonds. The summed E-state index contributed by atoms with van der Waals surface area (Å²) in [5, 5.41) is 0. The maximum Gasteiger partial charge on any atom is 0.225 e. The molecule has 0 N–H and O–H groups in total. The number of hydrogen-bond acceptors (Lipinski definition) is 2. The Morgan fingerprint density at radius 2 is 1.83 bits per heavy atom. The molecular formula is C21H30N2O. The van der Waals surface area contributed by atoms with Gasteiger partial charge in [-0.1, -0.05) is 43.2 Å². The van der Waals surface area contributed by atoms with Gasteiger partial charge in [0, 0.05) is 31.6 Å². The van der Waals surface area contributed by atoms with Gasteiger partial charge in [0.1, 0.15) is 0 Å². The van der Waals surface area contributed by atoms with E-state index in [0.717, 1.165) is 38.9 Å². The van der Waals surface area contributed by atoms with E-state index in [0.29, 0.717) is 23.8 Å². The Morgan fingerprint density at radius 3 is 2.58 bits per heavy atom. The van der Waals surface area contributed by atoms with Crippen LogP contribution in [0.5, 0.6) is 0 Å². The van der Waals surface area contributed by atoms with Crippen molar-refractivity contribution in [1.29, 1.82) is 0 Å². The van der Waals surface area contributed by atoms with Crippen LogP contribution in [0.4, 0.5) is 0 Å². The lowest BCUT2D eigenvalue weighted by Crippen LogP contribution is -2.43. The first kappa shape index (κ1) is 16.1. The molecular weight excluding hydrogens is 296 g/mol. The second-order valence-electron chi connectivity index (χ2n) is 7.97. The van der Waals surface area contributed by atoms with Crippen LogP contribution in [-0.4, -0.2) is 47.9 Å². The highest BCUT2D eigenvalue weighted by Gasteiger charge is 2.41. The van der Waals surface area contributed by atoms with Gasteiger partial charge in [-0.15, -0.1) is 0 Å². The van der Waals surface area contributed by atoms with Gasteiger partial charge in [-0.2, -0.15) is 0 Å². The van der Waals surface area contributed by atoms with Gasteiger partial charge < -0.3 is 4.90 Å². The summed E-state index contributed by atoms with van der Waals surface area (Å²) in [6, 6.07) is 11.4. The zero-order chi connectivity index (χ0) is 16.4. The van der Waals surface area contributed by atoms with Crippen molar-refractivity contribution in [2.45, 2.75) is 51.0 Å². The van der Waals surface area contributed by atoms with Crippen LogP contribution in [0.1, 0.15) is 44.1 Å². The number of amides is 1. The van der Waals surface area contributed by atoms with Crippen LogP contribution in [0.3, 0.4) is 0 Å². The molecule has 0 unspecified atom stereocenters. The molecule has 0 bridgehead atoms. The summed E-state index contributed by atoms with van der Waals surface area (Å²) in [5.41, 5.74) is 1.43. The quantitative estimate of drug-likeness (QED) is 0.847. The minimum absolute atomic E-state index is 0.352. The first-order valence-corrected chi connectivity index (χ1v) is 9.88. The fraction of sp³-hybridized carbons (Fsp3) is 0.667. The molecule has 1 saturated carbocycles. The summed E-state index contributed by atoms with van der Waals surface area (Å²) in [5.74, 6) is 1.51. The highest BCUT2D eigenvalue weighted by atomic mass is 16.2. The van der Waals surface area contributed by atoms with Crippen LogP contribution in [0.15, 0.2) is 30.3 Å². The fourth-order valence-corrected chi connectivity index (χ4v) is 4.73. The molecule has 3 nitrogen and oxygen atoms in total. The summed E-state index contributed by atoms with van der Waals surface area (Å²) in [4.78, 5) is 17.6. The molecule has 3 heteroatoms. The number of benzene rings is 1. The number of rotatable bonds is 4. The highest BCUT2D eigenvalue weighted by Crippen LogP contribution is 2.34. The highest BCUT2D eigenvalue weighted by molar-refractivity contribution is 5.80. The van der Waals surface area contributed by atoms with Gasteiger partial charge in [0.2, 0.25) is 5.91 Å². The second kappa shape index (κ2) is 7.26. The molecule has 3 fully saturated rings. The van der Waals surface area contributed by atoms with Gasteiger partial charge in [-0.25, -0.2) is 0 Å². The SMILES string of the molecule is O=C(C1CCC1)N1C[C@@H]2CCCCN(CCc3ccccc3)[C@@H]2C1. The predicted octanol–water partition coefficient (Wildman–Crippen LogP) is 3.34. The first-order valence-electron chi connectivity index (χ1n) is 9.88. The number of fused-ring (bicyclic) bond motifs is 1. The van der Waals surface area contributed by atoms with Crippen molar-refractivity contribution in [3.05, 3.63) is 35.9 Å². The van der Waals surface area contributed by atoms with Crippen LogP contribution in [0.2, 0.25) is 0 Å². The van der Waals surface area contributed by atoms with E-state index in [2.05, 4.69) is 40.1 Å². The summed E-state index contributed by atoms with van der Waals surface area (Å²) >= 11 is 0. The summed E-state index contributed by atoms with van der Waals surface area (Å²) in [7, 11) is 0. The number of carbonyl (C=O) groups excluding carboxylic acids is 1. The number of nitrogens with zero attached hydrogens (tertiary/aromatic N) is 2. The first-order chi connectivity index (χ1) is 11.8. The number of likely N-dealkylation sites (tertiary alicyclic amines) is 2. The minimum atomic E-state index is 0.352. The molecule has 4 rings (SSSR count). The molecule has 3 aliphatic rings. The van der Waals surface area contributed by atoms with Crippen LogP contribution in [-0.2, 0) is 11.2 Å². The van der Waals surface area contributed by atoms with Crippen molar-refractivity contribution in [3.63, 3.8) is 0 Å². The standard InChI is InChI=1S/C21H30N2O/c24-21(18-10-6-11-18)23-15-19-9-4-5-13-22(20(19)16-23)14-12-17-7-2-1-3-8-17/h1-3,7-8,18-20H,4-6,9-16H2/t19-,20+/m0/s1. The Balaban J connectivity index is 1.39. The molecule has 24 heavy (non-hydrogen) atoms. The lowest BCUT2D eigenvalue weighted by molar-refractivity contribution is -0.137. The van der Waals surface area contributed by atoms with Gasteiger partial charge in [0.15, 0.2) is 0 Å². The lowest BCUT2D eigenvalue weighted by Gasteiger charge is -2.31. The topological polar surface area (TPSA) is 23.6 Å². The second-order valence-corrected chi connectivity index (χ2v) is 7.97. The molecule has 2 heterocycles. The van der Waals surface area contributed by atoms with E-state index >= 15 is 0 Å². The molecule has 2 saturated heterocycles. The largest absolute Gasteiger partial charge is 0.341 e. The van der Waals surface area contributed by atoms with Crippen molar-refractivity contribution in [3.8, 4) is 0 Å². The summed E-state index contributed by atoms with van der Waals surface area (Å²) in [6.07, 6.45) is 8.58. The normalized spacial score (nSPS) is 28.2. The Bertz CT molecular complexity index is 554. The van der Waals surface area contributed by atoms with Crippen LogP contribution < -0.4 is 0 Å². The monoisotopic (exact) mass is 326 g/mol. The van der Waals surface area contributed by atoms with E-state index in [1.165, 1.54) is 37.8 Å². The van der Waals surface area contributed by atoms with E-state index < -0.39 is 0 Å². The van der Waals surface area contributed by atoms with Crippen molar-refractivity contribution in [2.75, 3.05) is 26.2 Å². The average molecular weight is 326 g/mol. The van der Waals surface area contributed by atoms with Crippen LogP contribution in [0, 0.1) is 11.8 Å². The minimum Gasteiger partial charge on any atom is -0.341 e. The predicted molar refractivity (Wildman–Crippen MR) is 96.8 cm³/mol. The van der Waals surface area contributed by atoms with E-state index in [9.17, 15) is 4.79 Å². The molecule has 0 spiro atoms. The molecule has 2 aliphatic heterocycles. The van der Waals surface area contributed by atoms with Gasteiger partial charge in [0.25, 0.3) is 0 Å². The molecule has 130 valence electrons. The molecule has 0 radical (unpaired) electrons. The Hall–Kier alpha value is -1.35. The van der Waals surface area contributed by atoms with Crippen molar-refractivity contribution >= 4 is 5.91 Å². The van der Waals surface area contributed by atoms with Gasteiger partial charge in [0.05, 0.1) is 0 Å². The Kier molecular flexibility index (Phi) is 4.88. The van der Waals surface area contributed by atoms with E-state index in [-0.39, 0.29) is 0 Å². The van der Waals surface area contributed by atoms with Gasteiger partial charge in [-0.05, 0) is 50.1 Å². The van der Waals surface area contributed by atoms with E-state index in [4.69, 9.17) is 0 Å². The van der Waals surface area contributed by atoms with Crippen molar-refractivity contribution in [1.82, 2.24) is 9.80 Å². The Labute approximate surface area is 146 Å². The molecule has 1 aliphatic carbocycles. The zero-order valence-corrected chi connectivity index (χ0v) is 14.7. The molecule has 0 aromatic heterocycles.